The zero-order valence-corrected chi connectivity index (χ0v) is 12.6. The van der Waals surface area contributed by atoms with Crippen LogP contribution in [0.4, 0.5) is 5.69 Å². The Hall–Kier alpha value is -0.680. The summed E-state index contributed by atoms with van der Waals surface area (Å²) >= 11 is 4.79. The number of halogens is 1. The summed E-state index contributed by atoms with van der Waals surface area (Å²) < 4.78 is 0.943. The first-order valence-electron chi connectivity index (χ1n) is 5.27. The van der Waals surface area contributed by atoms with Crippen molar-refractivity contribution in [2.45, 2.75) is 31.2 Å². The summed E-state index contributed by atoms with van der Waals surface area (Å²) in [5.74, 6) is 0.396. The van der Waals surface area contributed by atoms with Crippen LogP contribution < -0.4 is 11.1 Å². The molecule has 0 bridgehead atoms. The SMILES string of the molecule is CC(C)(C)NC(=O)CSc1ccc(Br)cc1N. The van der Waals surface area contributed by atoms with Gasteiger partial charge in [-0.25, -0.2) is 0 Å². The number of nitrogen functional groups attached to an aromatic ring is 1. The second-order valence-corrected chi connectivity index (χ2v) is 6.70. The molecule has 1 rings (SSSR count). The molecule has 1 aromatic carbocycles. The van der Waals surface area contributed by atoms with E-state index in [0.29, 0.717) is 11.4 Å². The van der Waals surface area contributed by atoms with Gasteiger partial charge in [0, 0.05) is 20.6 Å². The quantitative estimate of drug-likeness (QED) is 0.665. The second-order valence-electron chi connectivity index (χ2n) is 4.77. The molecule has 0 fully saturated rings. The third kappa shape index (κ3) is 5.46. The Balaban J connectivity index is 2.53. The predicted octanol–water partition coefficient (Wildman–Crippen LogP) is 3.04. The Kier molecular flexibility index (Phi) is 4.89. The summed E-state index contributed by atoms with van der Waals surface area (Å²) in [5, 5.41) is 2.91. The van der Waals surface area contributed by atoms with Crippen LogP contribution in [0.5, 0.6) is 0 Å². The van der Waals surface area contributed by atoms with Gasteiger partial charge >= 0.3 is 0 Å². The Labute approximate surface area is 115 Å². The number of carbonyl (C=O) groups is 1. The average Bonchev–Trinajstić information content (AvgIpc) is 2.13. The summed E-state index contributed by atoms with van der Waals surface area (Å²) in [4.78, 5) is 12.6. The highest BCUT2D eigenvalue weighted by Gasteiger charge is 2.14. The number of hydrogen-bond donors (Lipinski definition) is 2. The fraction of sp³-hybridized carbons (Fsp3) is 0.417. The first-order chi connectivity index (χ1) is 7.78. The molecule has 0 atom stereocenters. The van der Waals surface area contributed by atoms with Crippen LogP contribution in [-0.2, 0) is 4.79 Å². The van der Waals surface area contributed by atoms with Crippen molar-refractivity contribution in [2.24, 2.45) is 0 Å². The summed E-state index contributed by atoms with van der Waals surface area (Å²) in [6.45, 7) is 5.89. The smallest absolute Gasteiger partial charge is 0.230 e. The van der Waals surface area contributed by atoms with E-state index >= 15 is 0 Å². The molecule has 0 aliphatic rings. The van der Waals surface area contributed by atoms with Crippen LogP contribution in [0.2, 0.25) is 0 Å². The van der Waals surface area contributed by atoms with Gasteiger partial charge in [0.25, 0.3) is 0 Å². The number of nitrogens with two attached hydrogens (primary N) is 1. The van der Waals surface area contributed by atoms with Gasteiger partial charge in [0.1, 0.15) is 0 Å². The standard InChI is InChI=1S/C12H17BrN2OS/c1-12(2,3)15-11(16)7-17-10-5-4-8(13)6-9(10)14/h4-6H,7,14H2,1-3H3,(H,15,16). The van der Waals surface area contributed by atoms with E-state index in [4.69, 9.17) is 5.73 Å². The van der Waals surface area contributed by atoms with Crippen molar-refractivity contribution in [1.82, 2.24) is 5.32 Å². The lowest BCUT2D eigenvalue weighted by Crippen LogP contribution is -2.41. The fourth-order valence-electron chi connectivity index (χ4n) is 1.25. The van der Waals surface area contributed by atoms with E-state index in [1.165, 1.54) is 11.8 Å². The second kappa shape index (κ2) is 5.78. The number of hydrogen-bond acceptors (Lipinski definition) is 3. The van der Waals surface area contributed by atoms with Crippen LogP contribution >= 0.6 is 27.7 Å². The summed E-state index contributed by atoms with van der Waals surface area (Å²) in [7, 11) is 0. The molecule has 0 spiro atoms. The molecule has 94 valence electrons. The molecular formula is C12H17BrN2OS. The van der Waals surface area contributed by atoms with Crippen molar-refractivity contribution < 1.29 is 4.79 Å². The van der Waals surface area contributed by atoms with Gasteiger partial charge in [-0.3, -0.25) is 4.79 Å². The molecular weight excluding hydrogens is 300 g/mol. The van der Waals surface area contributed by atoms with E-state index in [9.17, 15) is 4.79 Å². The molecule has 0 unspecified atom stereocenters. The van der Waals surface area contributed by atoms with E-state index in [1.54, 1.807) is 0 Å². The summed E-state index contributed by atoms with van der Waals surface area (Å²) in [6.07, 6.45) is 0. The van der Waals surface area contributed by atoms with Gasteiger partial charge in [0.05, 0.1) is 5.75 Å². The molecule has 0 aliphatic carbocycles. The van der Waals surface area contributed by atoms with Crippen molar-refractivity contribution in [1.29, 1.82) is 0 Å². The zero-order chi connectivity index (χ0) is 13.1. The largest absolute Gasteiger partial charge is 0.398 e. The molecule has 0 saturated heterocycles. The maximum absolute atomic E-state index is 11.6. The minimum absolute atomic E-state index is 0.0184. The number of benzene rings is 1. The molecule has 1 aromatic rings. The third-order valence-corrected chi connectivity index (χ3v) is 3.43. The lowest BCUT2D eigenvalue weighted by atomic mass is 10.1. The minimum Gasteiger partial charge on any atom is -0.398 e. The zero-order valence-electron chi connectivity index (χ0n) is 10.2. The molecule has 0 aromatic heterocycles. The van der Waals surface area contributed by atoms with Gasteiger partial charge in [0.15, 0.2) is 0 Å². The van der Waals surface area contributed by atoms with Crippen molar-refractivity contribution in [3.05, 3.63) is 22.7 Å². The van der Waals surface area contributed by atoms with E-state index in [0.717, 1.165) is 9.37 Å². The van der Waals surface area contributed by atoms with E-state index in [2.05, 4.69) is 21.2 Å². The minimum atomic E-state index is -0.192. The summed E-state index contributed by atoms with van der Waals surface area (Å²) in [5.41, 5.74) is 6.35. The number of thioether (sulfide) groups is 1. The predicted molar refractivity (Wildman–Crippen MR) is 77.2 cm³/mol. The van der Waals surface area contributed by atoms with Crippen molar-refractivity contribution in [3.8, 4) is 0 Å². The van der Waals surface area contributed by atoms with Crippen LogP contribution in [-0.4, -0.2) is 17.2 Å². The van der Waals surface area contributed by atoms with E-state index in [1.807, 2.05) is 39.0 Å². The van der Waals surface area contributed by atoms with E-state index < -0.39 is 0 Å². The molecule has 3 N–H and O–H groups in total. The summed E-state index contributed by atoms with van der Waals surface area (Å²) in [6, 6.07) is 5.67. The topological polar surface area (TPSA) is 55.1 Å². The Bertz CT molecular complexity index is 415. The van der Waals surface area contributed by atoms with Gasteiger partial charge in [-0.2, -0.15) is 0 Å². The first-order valence-corrected chi connectivity index (χ1v) is 7.04. The molecule has 5 heteroatoms. The van der Waals surface area contributed by atoms with E-state index in [-0.39, 0.29) is 11.4 Å². The molecule has 0 heterocycles. The average molecular weight is 317 g/mol. The molecule has 3 nitrogen and oxygen atoms in total. The lowest BCUT2D eigenvalue weighted by Gasteiger charge is -2.20. The highest BCUT2D eigenvalue weighted by molar-refractivity contribution is 9.10. The highest BCUT2D eigenvalue weighted by Crippen LogP contribution is 2.27. The van der Waals surface area contributed by atoms with Crippen molar-refractivity contribution >= 4 is 39.3 Å². The Morgan fingerprint density at radius 3 is 2.65 bits per heavy atom. The van der Waals surface area contributed by atoms with Crippen LogP contribution in [0.15, 0.2) is 27.6 Å². The fourth-order valence-corrected chi connectivity index (χ4v) is 2.38. The van der Waals surface area contributed by atoms with Crippen LogP contribution in [0, 0.1) is 0 Å². The maximum Gasteiger partial charge on any atom is 0.230 e. The normalized spacial score (nSPS) is 11.3. The number of nitrogens with one attached hydrogen (secondary N) is 1. The van der Waals surface area contributed by atoms with Crippen molar-refractivity contribution in [3.63, 3.8) is 0 Å². The van der Waals surface area contributed by atoms with Gasteiger partial charge < -0.3 is 11.1 Å². The monoisotopic (exact) mass is 316 g/mol. The molecule has 17 heavy (non-hydrogen) atoms. The number of rotatable bonds is 3. The van der Waals surface area contributed by atoms with Crippen LogP contribution in [0.25, 0.3) is 0 Å². The number of anilines is 1. The Morgan fingerprint density at radius 1 is 1.47 bits per heavy atom. The van der Waals surface area contributed by atoms with Crippen LogP contribution in [0.1, 0.15) is 20.8 Å². The number of carbonyl (C=O) groups excluding carboxylic acids is 1. The molecule has 1 amide bonds. The lowest BCUT2D eigenvalue weighted by molar-refractivity contribution is -0.119. The first kappa shape index (κ1) is 14.4. The van der Waals surface area contributed by atoms with Crippen LogP contribution in [0.3, 0.4) is 0 Å². The van der Waals surface area contributed by atoms with Crippen molar-refractivity contribution in [2.75, 3.05) is 11.5 Å². The van der Waals surface area contributed by atoms with Gasteiger partial charge in [-0.1, -0.05) is 15.9 Å². The Morgan fingerprint density at radius 2 is 2.12 bits per heavy atom. The molecule has 0 radical (unpaired) electrons. The third-order valence-electron chi connectivity index (χ3n) is 1.85. The molecule has 0 aliphatic heterocycles. The highest BCUT2D eigenvalue weighted by atomic mass is 79.9. The van der Waals surface area contributed by atoms with Gasteiger partial charge in [-0.05, 0) is 39.0 Å². The maximum atomic E-state index is 11.6. The van der Waals surface area contributed by atoms with Gasteiger partial charge in [0.2, 0.25) is 5.91 Å². The van der Waals surface area contributed by atoms with Gasteiger partial charge in [-0.15, -0.1) is 11.8 Å². The number of amides is 1. The molecule has 0 saturated carbocycles.